The monoisotopic (exact) mass is 434 g/mol. The maximum atomic E-state index is 12.6. The third-order valence-electron chi connectivity index (χ3n) is 4.93. The Bertz CT molecular complexity index is 781. The van der Waals surface area contributed by atoms with Gasteiger partial charge in [0, 0.05) is 5.69 Å². The third-order valence-corrected chi connectivity index (χ3v) is 5.55. The van der Waals surface area contributed by atoms with Gasteiger partial charge >= 0.3 is 0 Å². The van der Waals surface area contributed by atoms with Gasteiger partial charge < -0.3 is 4.74 Å². The number of unbranched alkanes of at least 4 members (excludes halogenated alkanes) is 3. The van der Waals surface area contributed by atoms with Crippen LogP contribution in [-0.2, 0) is 6.42 Å². The maximum Gasteiger partial charge on any atom is 0.284 e. The SMILES string of the molecule is CCCCCCc1c(C)nn(C(=O)COc2ccc(C(C)C)cc2Br)c1C. The highest BCUT2D eigenvalue weighted by molar-refractivity contribution is 9.10. The summed E-state index contributed by atoms with van der Waals surface area (Å²) in [4.78, 5) is 12.6. The van der Waals surface area contributed by atoms with E-state index in [2.05, 4.69) is 41.8 Å². The number of benzene rings is 1. The van der Waals surface area contributed by atoms with Crippen LogP contribution < -0.4 is 4.74 Å². The van der Waals surface area contributed by atoms with Gasteiger partial charge in [-0.3, -0.25) is 4.79 Å². The van der Waals surface area contributed by atoms with Crippen LogP contribution >= 0.6 is 15.9 Å². The molecule has 0 saturated heterocycles. The van der Waals surface area contributed by atoms with Crippen molar-refractivity contribution in [3.63, 3.8) is 0 Å². The number of hydrogen-bond donors (Lipinski definition) is 0. The molecular formula is C22H31BrN2O2. The molecule has 0 radical (unpaired) electrons. The summed E-state index contributed by atoms with van der Waals surface area (Å²) in [6.07, 6.45) is 5.82. The van der Waals surface area contributed by atoms with E-state index in [9.17, 15) is 4.79 Å². The van der Waals surface area contributed by atoms with Gasteiger partial charge in [0.15, 0.2) is 6.61 Å². The van der Waals surface area contributed by atoms with Crippen LogP contribution in [0.3, 0.4) is 0 Å². The normalized spacial score (nSPS) is 11.2. The second kappa shape index (κ2) is 10.1. The molecule has 27 heavy (non-hydrogen) atoms. The molecule has 0 N–H and O–H groups in total. The summed E-state index contributed by atoms with van der Waals surface area (Å²) in [6.45, 7) is 10.4. The van der Waals surface area contributed by atoms with E-state index >= 15 is 0 Å². The molecule has 0 spiro atoms. The summed E-state index contributed by atoms with van der Waals surface area (Å²) in [5, 5.41) is 4.46. The molecule has 2 rings (SSSR count). The molecular weight excluding hydrogens is 404 g/mol. The molecule has 1 heterocycles. The van der Waals surface area contributed by atoms with Crippen LogP contribution in [0.15, 0.2) is 22.7 Å². The molecule has 0 fully saturated rings. The minimum absolute atomic E-state index is 0.0309. The van der Waals surface area contributed by atoms with Gasteiger partial charge in [0.1, 0.15) is 5.75 Å². The summed E-state index contributed by atoms with van der Waals surface area (Å²) in [7, 11) is 0. The van der Waals surface area contributed by atoms with Crippen molar-refractivity contribution in [3.8, 4) is 5.75 Å². The van der Waals surface area contributed by atoms with E-state index < -0.39 is 0 Å². The van der Waals surface area contributed by atoms with Crippen LogP contribution in [-0.4, -0.2) is 22.3 Å². The zero-order valence-corrected chi connectivity index (χ0v) is 18.7. The lowest BCUT2D eigenvalue weighted by Crippen LogP contribution is -2.22. The largest absolute Gasteiger partial charge is 0.483 e. The molecule has 0 aliphatic rings. The number of hydrogen-bond acceptors (Lipinski definition) is 3. The number of aryl methyl sites for hydroxylation is 1. The van der Waals surface area contributed by atoms with Crippen LogP contribution in [0.4, 0.5) is 0 Å². The smallest absolute Gasteiger partial charge is 0.284 e. The molecule has 0 aliphatic heterocycles. The zero-order chi connectivity index (χ0) is 20.0. The average molecular weight is 435 g/mol. The van der Waals surface area contributed by atoms with Crippen molar-refractivity contribution in [2.24, 2.45) is 0 Å². The van der Waals surface area contributed by atoms with E-state index in [4.69, 9.17) is 4.74 Å². The van der Waals surface area contributed by atoms with Gasteiger partial charge in [-0.1, -0.05) is 46.1 Å². The number of nitrogens with zero attached hydrogens (tertiary/aromatic N) is 2. The van der Waals surface area contributed by atoms with Crippen molar-refractivity contribution < 1.29 is 9.53 Å². The summed E-state index contributed by atoms with van der Waals surface area (Å²) in [6, 6.07) is 5.99. The Morgan fingerprint density at radius 2 is 1.96 bits per heavy atom. The number of halogens is 1. The van der Waals surface area contributed by atoms with Crippen LogP contribution in [0, 0.1) is 13.8 Å². The summed E-state index contributed by atoms with van der Waals surface area (Å²) in [5.74, 6) is 0.978. The van der Waals surface area contributed by atoms with Gasteiger partial charge in [-0.15, -0.1) is 0 Å². The predicted molar refractivity (Wildman–Crippen MR) is 114 cm³/mol. The Hall–Kier alpha value is -1.62. The number of ether oxygens (including phenoxy) is 1. The summed E-state index contributed by atoms with van der Waals surface area (Å²) < 4.78 is 8.12. The molecule has 1 aromatic heterocycles. The molecule has 4 nitrogen and oxygen atoms in total. The van der Waals surface area contributed by atoms with Crippen molar-refractivity contribution in [2.45, 2.75) is 72.6 Å². The van der Waals surface area contributed by atoms with E-state index in [1.807, 2.05) is 32.0 Å². The number of rotatable bonds is 9. The molecule has 0 aliphatic carbocycles. The van der Waals surface area contributed by atoms with Gasteiger partial charge in [-0.05, 0) is 71.8 Å². The molecule has 148 valence electrons. The average Bonchev–Trinajstić information content (AvgIpc) is 2.91. The predicted octanol–water partition coefficient (Wildman–Crippen LogP) is 6.23. The van der Waals surface area contributed by atoms with Crippen molar-refractivity contribution in [3.05, 3.63) is 45.2 Å². The molecule has 5 heteroatoms. The topological polar surface area (TPSA) is 44.1 Å². The second-order valence-corrected chi connectivity index (χ2v) is 8.25. The van der Waals surface area contributed by atoms with Gasteiger partial charge in [0.05, 0.1) is 10.2 Å². The zero-order valence-electron chi connectivity index (χ0n) is 17.1. The molecule has 1 aromatic carbocycles. The number of carbonyl (C=O) groups is 1. The Morgan fingerprint density at radius 1 is 1.22 bits per heavy atom. The lowest BCUT2D eigenvalue weighted by Gasteiger charge is -2.11. The van der Waals surface area contributed by atoms with Gasteiger partial charge in [-0.25, -0.2) is 4.68 Å². The fourth-order valence-electron chi connectivity index (χ4n) is 3.20. The highest BCUT2D eigenvalue weighted by Crippen LogP contribution is 2.29. The highest BCUT2D eigenvalue weighted by atomic mass is 79.9. The third kappa shape index (κ3) is 5.68. The van der Waals surface area contributed by atoms with Crippen molar-refractivity contribution in [1.82, 2.24) is 9.78 Å². The van der Waals surface area contributed by atoms with E-state index in [-0.39, 0.29) is 12.5 Å². The molecule has 0 atom stereocenters. The Morgan fingerprint density at radius 3 is 2.59 bits per heavy atom. The van der Waals surface area contributed by atoms with E-state index in [0.717, 1.165) is 28.7 Å². The minimum Gasteiger partial charge on any atom is -0.483 e. The molecule has 0 bridgehead atoms. The first-order chi connectivity index (χ1) is 12.8. The minimum atomic E-state index is -0.143. The van der Waals surface area contributed by atoms with Crippen LogP contribution in [0.25, 0.3) is 0 Å². The lowest BCUT2D eigenvalue weighted by molar-refractivity contribution is 0.0817. The quantitative estimate of drug-likeness (QED) is 0.439. The van der Waals surface area contributed by atoms with Gasteiger partial charge in [-0.2, -0.15) is 5.10 Å². The highest BCUT2D eigenvalue weighted by Gasteiger charge is 2.17. The standard InChI is InChI=1S/C22H31BrN2O2/c1-6-7-8-9-10-19-16(4)24-25(17(19)5)22(26)14-27-21-12-11-18(15(2)3)13-20(21)23/h11-13,15H,6-10,14H2,1-5H3. The van der Waals surface area contributed by atoms with Gasteiger partial charge in [0.25, 0.3) is 5.91 Å². The van der Waals surface area contributed by atoms with E-state index in [0.29, 0.717) is 11.7 Å². The summed E-state index contributed by atoms with van der Waals surface area (Å²) in [5.41, 5.74) is 4.31. The Labute approximate surface area is 171 Å². The maximum absolute atomic E-state index is 12.6. The van der Waals surface area contributed by atoms with Crippen molar-refractivity contribution in [1.29, 1.82) is 0 Å². The van der Waals surface area contributed by atoms with Crippen molar-refractivity contribution in [2.75, 3.05) is 6.61 Å². The lowest BCUT2D eigenvalue weighted by atomic mass is 10.0. The Balaban J connectivity index is 2.02. The molecule has 0 unspecified atom stereocenters. The first-order valence-corrected chi connectivity index (χ1v) is 10.6. The van der Waals surface area contributed by atoms with Crippen LogP contribution in [0.5, 0.6) is 5.75 Å². The Kier molecular flexibility index (Phi) is 8.08. The first kappa shape index (κ1) is 21.7. The first-order valence-electron chi connectivity index (χ1n) is 9.85. The molecule has 2 aromatic rings. The molecule has 0 amide bonds. The van der Waals surface area contributed by atoms with Crippen LogP contribution in [0.2, 0.25) is 0 Å². The fourth-order valence-corrected chi connectivity index (χ4v) is 3.71. The number of carbonyl (C=O) groups excluding carboxylic acids is 1. The van der Waals surface area contributed by atoms with Gasteiger partial charge in [0.2, 0.25) is 0 Å². The van der Waals surface area contributed by atoms with Crippen molar-refractivity contribution >= 4 is 21.8 Å². The van der Waals surface area contributed by atoms with E-state index in [1.165, 1.54) is 35.1 Å². The summed E-state index contributed by atoms with van der Waals surface area (Å²) >= 11 is 3.53. The fraction of sp³-hybridized carbons (Fsp3) is 0.545. The van der Waals surface area contributed by atoms with E-state index in [1.54, 1.807) is 0 Å². The second-order valence-electron chi connectivity index (χ2n) is 7.40. The molecule has 0 saturated carbocycles. The van der Waals surface area contributed by atoms with Crippen LogP contribution in [0.1, 0.15) is 79.7 Å². The number of aromatic nitrogens is 2.